The normalized spacial score (nSPS) is 13.0. The van der Waals surface area contributed by atoms with Crippen molar-refractivity contribution in [3.05, 3.63) is 259 Å². The Morgan fingerprint density at radius 1 is 0.306 bits per heavy atom. The number of para-hydroxylation sites is 3. The third kappa shape index (κ3) is 7.01. The lowest BCUT2D eigenvalue weighted by Crippen LogP contribution is -2.61. The van der Waals surface area contributed by atoms with Crippen LogP contribution >= 0.6 is 0 Å². The van der Waals surface area contributed by atoms with Crippen LogP contribution in [0.15, 0.2) is 243 Å². The summed E-state index contributed by atoms with van der Waals surface area (Å²) in [5.74, 6) is 0. The minimum Gasteiger partial charge on any atom is -0.311 e. The Bertz CT molecular complexity index is 3800. The van der Waals surface area contributed by atoms with E-state index in [9.17, 15) is 0 Å². The summed E-state index contributed by atoms with van der Waals surface area (Å²) in [6.45, 7) is 11.8. The molecule has 0 N–H and O–H groups in total. The molecule has 0 atom stereocenters. The molecule has 0 amide bonds. The van der Waals surface area contributed by atoms with Gasteiger partial charge >= 0.3 is 0 Å². The molecule has 2 heterocycles. The van der Waals surface area contributed by atoms with Gasteiger partial charge < -0.3 is 9.80 Å². The van der Waals surface area contributed by atoms with Gasteiger partial charge in [-0.25, -0.2) is 0 Å². The van der Waals surface area contributed by atoms with Crippen LogP contribution in [0.25, 0.3) is 54.9 Å². The van der Waals surface area contributed by atoms with Gasteiger partial charge in [-0.2, -0.15) is 0 Å². The summed E-state index contributed by atoms with van der Waals surface area (Å²) in [6.07, 6.45) is 0. The van der Waals surface area contributed by atoms with E-state index in [-0.39, 0.29) is 17.5 Å². The molecular weight excluding hydrogens is 868 g/mol. The molecule has 2 nitrogen and oxygen atoms in total. The maximum Gasteiger partial charge on any atom is 0.252 e. The molecule has 0 saturated carbocycles. The molecule has 3 heteroatoms. The van der Waals surface area contributed by atoms with E-state index in [1.807, 2.05) is 0 Å². The van der Waals surface area contributed by atoms with Gasteiger partial charge in [0.25, 0.3) is 6.71 Å². The molecule has 0 aromatic heterocycles. The Morgan fingerprint density at radius 2 is 0.750 bits per heavy atom. The number of anilines is 6. The van der Waals surface area contributed by atoms with Crippen molar-refractivity contribution < 1.29 is 0 Å². The van der Waals surface area contributed by atoms with Crippen molar-refractivity contribution in [2.75, 3.05) is 9.80 Å². The molecule has 0 radical (unpaired) electrons. The van der Waals surface area contributed by atoms with Gasteiger partial charge in [0.05, 0.1) is 0 Å². The number of rotatable bonds is 7. The first-order chi connectivity index (χ1) is 35.1. The molecule has 72 heavy (non-hydrogen) atoms. The highest BCUT2D eigenvalue weighted by atomic mass is 15.2. The van der Waals surface area contributed by atoms with Crippen molar-refractivity contribution in [1.82, 2.24) is 0 Å². The minimum atomic E-state index is -0.223. The third-order valence-electron chi connectivity index (χ3n) is 15.6. The maximum atomic E-state index is 2.54. The van der Waals surface area contributed by atoms with Gasteiger partial charge in [-0.1, -0.05) is 223 Å². The molecule has 0 saturated heterocycles. The van der Waals surface area contributed by atoms with Crippen LogP contribution in [-0.4, -0.2) is 6.71 Å². The van der Waals surface area contributed by atoms with Crippen molar-refractivity contribution in [3.8, 4) is 33.4 Å². The Hall–Kier alpha value is -8.40. The summed E-state index contributed by atoms with van der Waals surface area (Å²) >= 11 is 0. The van der Waals surface area contributed by atoms with Crippen molar-refractivity contribution in [2.45, 2.75) is 45.4 Å². The lowest BCUT2D eigenvalue weighted by molar-refractivity contribution is 0.591. The van der Waals surface area contributed by atoms with Gasteiger partial charge in [-0.3, -0.25) is 0 Å². The summed E-state index contributed by atoms with van der Waals surface area (Å²) in [5, 5.41) is 5.02. The van der Waals surface area contributed by atoms with Gasteiger partial charge in [0.15, 0.2) is 0 Å². The van der Waals surface area contributed by atoms with Crippen molar-refractivity contribution in [2.24, 2.45) is 0 Å². The van der Waals surface area contributed by atoms with Crippen LogP contribution < -0.4 is 26.2 Å². The fourth-order valence-electron chi connectivity index (χ4n) is 12.0. The zero-order valence-electron chi connectivity index (χ0n) is 41.6. The summed E-state index contributed by atoms with van der Waals surface area (Å²) < 4.78 is 0. The average molecular weight is 923 g/mol. The number of benzene rings is 11. The van der Waals surface area contributed by atoms with Crippen molar-refractivity contribution in [1.29, 1.82) is 0 Å². The fourth-order valence-corrected chi connectivity index (χ4v) is 12.0. The van der Waals surface area contributed by atoms with E-state index in [2.05, 4.69) is 287 Å². The Labute approximate surface area is 424 Å². The highest BCUT2D eigenvalue weighted by Crippen LogP contribution is 2.49. The second-order valence-corrected chi connectivity index (χ2v) is 21.3. The van der Waals surface area contributed by atoms with Gasteiger partial charge in [-0.05, 0) is 148 Å². The van der Waals surface area contributed by atoms with E-state index in [1.165, 1.54) is 111 Å². The lowest BCUT2D eigenvalue weighted by atomic mass is 9.33. The Balaban J connectivity index is 1.11. The molecule has 13 rings (SSSR count). The summed E-state index contributed by atoms with van der Waals surface area (Å²) in [4.78, 5) is 5.07. The predicted molar refractivity (Wildman–Crippen MR) is 309 cm³/mol. The average Bonchev–Trinajstić information content (AvgIpc) is 3.42. The highest BCUT2D eigenvalue weighted by Gasteiger charge is 2.44. The first kappa shape index (κ1) is 43.6. The van der Waals surface area contributed by atoms with Crippen LogP contribution in [-0.2, 0) is 10.8 Å². The largest absolute Gasteiger partial charge is 0.311 e. The summed E-state index contributed by atoms with van der Waals surface area (Å²) in [5.41, 5.74) is 21.9. The van der Waals surface area contributed by atoms with E-state index in [4.69, 9.17) is 0 Å². The van der Waals surface area contributed by atoms with Crippen molar-refractivity contribution >= 4 is 78.8 Å². The monoisotopic (exact) mass is 922 g/mol. The molecule has 2 aliphatic rings. The number of nitrogens with zero attached hydrogens (tertiary/aromatic N) is 2. The van der Waals surface area contributed by atoms with Gasteiger partial charge in [0.1, 0.15) is 0 Å². The highest BCUT2D eigenvalue weighted by molar-refractivity contribution is 7.00. The second-order valence-electron chi connectivity index (χ2n) is 21.3. The quantitative estimate of drug-likeness (QED) is 0.116. The summed E-state index contributed by atoms with van der Waals surface area (Å²) in [7, 11) is 0. The molecule has 11 aromatic rings. The zero-order valence-corrected chi connectivity index (χ0v) is 41.6. The van der Waals surface area contributed by atoms with Gasteiger partial charge in [-0.15, -0.1) is 0 Å². The van der Waals surface area contributed by atoms with E-state index in [0.717, 1.165) is 11.4 Å². The van der Waals surface area contributed by atoms with E-state index < -0.39 is 0 Å². The SMILES string of the molecule is CC(C)(C)c1cc(-c2cc3c4c(c2)N(c2ccccc2)c2ccc(C(C)(C)c5ccccc5)cc2B4c2ccccc2N3c2ccccc2)cc(-c2c3ccccc3c(-c3ccccc3)c3ccccc23)c1. The van der Waals surface area contributed by atoms with E-state index in [1.54, 1.807) is 0 Å². The molecule has 0 spiro atoms. The second kappa shape index (κ2) is 16.9. The standard InChI is InChI=1S/C69H55BN2/c1-68(2,3)52-41-47(40-49(42-52)66-57-34-20-18-32-55(57)65(46-24-10-6-11-25-46)56-33-19-21-35-58(56)66)48-43-63-67-64(44-48)72(54-30-16-9-17-31-54)62-39-38-51(69(4,5)50-26-12-7-13-27-50)45-60(62)70(67)59-36-22-23-37-61(59)71(63)53-28-14-8-15-29-53/h6-45H,1-5H3. The fraction of sp³-hybridized carbons (Fsp3) is 0.101. The Morgan fingerprint density at radius 3 is 1.31 bits per heavy atom. The van der Waals surface area contributed by atoms with Crippen LogP contribution in [0.2, 0.25) is 0 Å². The Kier molecular flexibility index (Phi) is 10.2. The summed E-state index contributed by atoms with van der Waals surface area (Å²) in [6, 6.07) is 90.7. The first-order valence-electron chi connectivity index (χ1n) is 25.5. The smallest absolute Gasteiger partial charge is 0.252 e. The number of fused-ring (bicyclic) bond motifs is 6. The van der Waals surface area contributed by atoms with Crippen molar-refractivity contribution in [3.63, 3.8) is 0 Å². The van der Waals surface area contributed by atoms with Gasteiger partial charge in [0.2, 0.25) is 0 Å². The van der Waals surface area contributed by atoms with Crippen LogP contribution in [0, 0.1) is 0 Å². The topological polar surface area (TPSA) is 6.48 Å². The number of hydrogen-bond acceptors (Lipinski definition) is 2. The van der Waals surface area contributed by atoms with Gasteiger partial charge in [0, 0.05) is 39.5 Å². The predicted octanol–water partition coefficient (Wildman–Crippen LogP) is 16.7. The molecule has 0 unspecified atom stereocenters. The molecule has 0 fully saturated rings. The molecule has 344 valence electrons. The first-order valence-corrected chi connectivity index (χ1v) is 25.5. The molecular formula is C69H55BN2. The molecule has 0 aliphatic carbocycles. The maximum absolute atomic E-state index is 2.54. The van der Waals surface area contributed by atoms with Crippen LogP contribution in [0.4, 0.5) is 34.1 Å². The van der Waals surface area contributed by atoms with Crippen LogP contribution in [0.5, 0.6) is 0 Å². The van der Waals surface area contributed by atoms with E-state index >= 15 is 0 Å². The molecule has 2 aliphatic heterocycles. The molecule has 11 aromatic carbocycles. The number of hydrogen-bond donors (Lipinski definition) is 0. The van der Waals surface area contributed by atoms with E-state index in [0.29, 0.717) is 0 Å². The lowest BCUT2D eigenvalue weighted by Gasteiger charge is -2.45. The zero-order chi connectivity index (χ0) is 48.7. The van der Waals surface area contributed by atoms with Crippen LogP contribution in [0.3, 0.4) is 0 Å². The third-order valence-corrected chi connectivity index (χ3v) is 15.6. The van der Waals surface area contributed by atoms with Crippen LogP contribution in [0.1, 0.15) is 51.3 Å². The minimum absolute atomic E-state index is 0.0148. The molecule has 0 bridgehead atoms.